The molecule has 4 aliphatic carbocycles. The summed E-state index contributed by atoms with van der Waals surface area (Å²) >= 11 is 0. The van der Waals surface area contributed by atoms with Gasteiger partial charge in [-0.15, -0.1) is 0 Å². The molecule has 4 rings (SSSR count). The molecule has 0 heterocycles. The fourth-order valence-electron chi connectivity index (χ4n) is 8.01. The van der Waals surface area contributed by atoms with Crippen LogP contribution in [0.25, 0.3) is 0 Å². The second kappa shape index (κ2) is 8.76. The number of rotatable bonds is 7. The Bertz CT molecular complexity index is 675. The average molecular weight is 416 g/mol. The van der Waals surface area contributed by atoms with Gasteiger partial charge in [-0.25, -0.2) is 0 Å². The summed E-state index contributed by atoms with van der Waals surface area (Å²) < 4.78 is 6.46. The highest BCUT2D eigenvalue weighted by Gasteiger charge is 2.60. The Morgan fingerprint density at radius 2 is 1.90 bits per heavy atom. The van der Waals surface area contributed by atoms with E-state index in [1.165, 1.54) is 44.6 Å². The molecule has 4 nitrogen and oxygen atoms in total. The second-order valence-corrected chi connectivity index (χ2v) is 11.1. The fourth-order valence-corrected chi connectivity index (χ4v) is 8.01. The van der Waals surface area contributed by atoms with E-state index in [-0.39, 0.29) is 5.91 Å². The first kappa shape index (κ1) is 22.0. The van der Waals surface area contributed by atoms with Crippen molar-refractivity contribution in [1.82, 2.24) is 5.32 Å². The van der Waals surface area contributed by atoms with E-state index in [4.69, 9.17) is 4.74 Å². The quantitative estimate of drug-likeness (QED) is 0.467. The van der Waals surface area contributed by atoms with E-state index in [9.17, 15) is 9.59 Å². The summed E-state index contributed by atoms with van der Waals surface area (Å²) in [7, 11) is 0. The van der Waals surface area contributed by atoms with Crippen molar-refractivity contribution in [3.8, 4) is 0 Å². The molecular weight excluding hydrogens is 374 g/mol. The normalized spacial score (nSPS) is 42.7. The van der Waals surface area contributed by atoms with Crippen LogP contribution in [0.1, 0.15) is 84.5 Å². The van der Waals surface area contributed by atoms with E-state index < -0.39 is 0 Å². The molecule has 30 heavy (non-hydrogen) atoms. The first-order valence-corrected chi connectivity index (χ1v) is 12.4. The maximum atomic E-state index is 12.1. The molecule has 0 aromatic rings. The maximum absolute atomic E-state index is 12.1. The highest BCUT2D eigenvalue weighted by Crippen LogP contribution is 2.66. The third-order valence-electron chi connectivity index (χ3n) is 9.77. The predicted octanol–water partition coefficient (Wildman–Crippen LogP) is 5.07. The van der Waals surface area contributed by atoms with Crippen LogP contribution in [-0.2, 0) is 14.3 Å². The molecule has 0 spiro atoms. The fraction of sp³-hybridized carbons (Fsp3) is 0.846. The zero-order valence-electron chi connectivity index (χ0n) is 19.1. The topological polar surface area (TPSA) is 55.4 Å². The lowest BCUT2D eigenvalue weighted by Gasteiger charge is -2.60. The van der Waals surface area contributed by atoms with Crippen LogP contribution in [0.3, 0.4) is 0 Å². The molecule has 4 saturated carbocycles. The highest BCUT2D eigenvalue weighted by molar-refractivity contribution is 5.86. The van der Waals surface area contributed by atoms with Crippen LogP contribution in [0.2, 0.25) is 0 Å². The van der Waals surface area contributed by atoms with Gasteiger partial charge in [0.2, 0.25) is 5.91 Å². The Balaban J connectivity index is 1.32. The molecule has 1 N–H and O–H groups in total. The monoisotopic (exact) mass is 415 g/mol. The summed E-state index contributed by atoms with van der Waals surface area (Å²) in [5.41, 5.74) is 0.721. The lowest BCUT2D eigenvalue weighted by molar-refractivity contribution is -0.145. The molecule has 0 aliphatic heterocycles. The summed E-state index contributed by atoms with van der Waals surface area (Å²) in [6.07, 6.45) is 14.2. The SMILES string of the molecule is C=CC(=O)NCCCCOC1CC[C@H]2[C@@H]3CCC4CC(=O)CC[C@]4(C)[C@@H]3CC[C@]12C. The molecule has 7 atom stereocenters. The Kier molecular flexibility index (Phi) is 6.44. The number of carbonyl (C=O) groups excluding carboxylic acids is 2. The van der Waals surface area contributed by atoms with Gasteiger partial charge in [0.25, 0.3) is 0 Å². The van der Waals surface area contributed by atoms with Gasteiger partial charge in [0.1, 0.15) is 5.78 Å². The third-order valence-corrected chi connectivity index (χ3v) is 9.77. The number of fused-ring (bicyclic) bond motifs is 5. The largest absolute Gasteiger partial charge is 0.378 e. The molecule has 4 aliphatic rings. The Labute approximate surface area is 182 Å². The number of ether oxygens (including phenoxy) is 1. The van der Waals surface area contributed by atoms with E-state index >= 15 is 0 Å². The van der Waals surface area contributed by atoms with Crippen molar-refractivity contribution in [2.24, 2.45) is 34.5 Å². The van der Waals surface area contributed by atoms with Crippen LogP contribution in [-0.4, -0.2) is 30.9 Å². The van der Waals surface area contributed by atoms with Crippen molar-refractivity contribution in [3.63, 3.8) is 0 Å². The number of Topliss-reactive ketones (excluding diaryl/α,β-unsaturated/α-hetero) is 1. The van der Waals surface area contributed by atoms with Crippen LogP contribution in [0, 0.1) is 34.5 Å². The van der Waals surface area contributed by atoms with E-state index in [2.05, 4.69) is 25.7 Å². The minimum Gasteiger partial charge on any atom is -0.378 e. The maximum Gasteiger partial charge on any atom is 0.243 e. The van der Waals surface area contributed by atoms with Crippen LogP contribution in [0.15, 0.2) is 12.7 Å². The zero-order valence-corrected chi connectivity index (χ0v) is 19.1. The second-order valence-electron chi connectivity index (χ2n) is 11.1. The molecule has 0 bridgehead atoms. The van der Waals surface area contributed by atoms with Gasteiger partial charge in [-0.3, -0.25) is 9.59 Å². The highest BCUT2D eigenvalue weighted by atomic mass is 16.5. The Morgan fingerprint density at radius 1 is 1.10 bits per heavy atom. The van der Waals surface area contributed by atoms with Crippen molar-refractivity contribution in [2.45, 2.75) is 90.6 Å². The number of unbranched alkanes of at least 4 members (excludes halogenated alkanes) is 1. The van der Waals surface area contributed by atoms with Crippen LogP contribution in [0.5, 0.6) is 0 Å². The number of amides is 1. The lowest BCUT2D eigenvalue weighted by atomic mass is 9.45. The summed E-state index contributed by atoms with van der Waals surface area (Å²) in [5.74, 6) is 3.50. The molecule has 4 heteroatoms. The van der Waals surface area contributed by atoms with Gasteiger partial charge in [0, 0.05) is 26.0 Å². The number of hydrogen-bond donors (Lipinski definition) is 1. The van der Waals surface area contributed by atoms with Gasteiger partial charge in [0.15, 0.2) is 0 Å². The van der Waals surface area contributed by atoms with Crippen molar-refractivity contribution in [3.05, 3.63) is 12.7 Å². The standard InChI is InChI=1S/C26H41NO3/c1-4-24(29)27-15-5-6-16-30-23-10-9-21-20-8-7-18-17-19(28)11-13-25(18,2)22(20)12-14-26(21,23)3/h4,18,20-23H,1,5-17H2,2-3H3,(H,27,29)/t18?,20-,21-,22+,23?,25-,26-/m0/s1. The first-order chi connectivity index (χ1) is 14.4. The van der Waals surface area contributed by atoms with Gasteiger partial charge in [-0.1, -0.05) is 20.4 Å². The van der Waals surface area contributed by atoms with E-state index in [1.807, 2.05) is 0 Å². The molecule has 0 aromatic carbocycles. The van der Waals surface area contributed by atoms with Crippen LogP contribution >= 0.6 is 0 Å². The molecule has 0 radical (unpaired) electrons. The molecule has 1 amide bonds. The van der Waals surface area contributed by atoms with E-state index in [1.54, 1.807) is 0 Å². The summed E-state index contributed by atoms with van der Waals surface area (Å²) in [5, 5.41) is 2.84. The minimum atomic E-state index is -0.0930. The Morgan fingerprint density at radius 3 is 2.70 bits per heavy atom. The number of hydrogen-bond acceptors (Lipinski definition) is 3. The van der Waals surface area contributed by atoms with Crippen molar-refractivity contribution < 1.29 is 14.3 Å². The number of carbonyl (C=O) groups is 2. The van der Waals surface area contributed by atoms with Crippen LogP contribution in [0.4, 0.5) is 0 Å². The molecule has 0 aromatic heterocycles. The minimum absolute atomic E-state index is 0.0930. The van der Waals surface area contributed by atoms with Gasteiger partial charge in [-0.2, -0.15) is 0 Å². The third kappa shape index (κ3) is 3.89. The van der Waals surface area contributed by atoms with Crippen LogP contribution < -0.4 is 5.32 Å². The van der Waals surface area contributed by atoms with Gasteiger partial charge in [-0.05, 0) is 98.4 Å². The van der Waals surface area contributed by atoms with Crippen molar-refractivity contribution >= 4 is 11.7 Å². The van der Waals surface area contributed by atoms with Gasteiger partial charge >= 0.3 is 0 Å². The Hall–Kier alpha value is -1.16. The van der Waals surface area contributed by atoms with Gasteiger partial charge in [0.05, 0.1) is 6.10 Å². The predicted molar refractivity (Wildman–Crippen MR) is 119 cm³/mol. The summed E-state index contributed by atoms with van der Waals surface area (Å²) in [4.78, 5) is 23.3. The number of ketones is 1. The number of nitrogens with one attached hydrogen (secondary N) is 1. The molecule has 2 unspecified atom stereocenters. The van der Waals surface area contributed by atoms with Crippen molar-refractivity contribution in [2.75, 3.05) is 13.2 Å². The molecule has 4 fully saturated rings. The van der Waals surface area contributed by atoms with E-state index in [0.717, 1.165) is 56.5 Å². The molecular formula is C26H41NO3. The molecule has 0 saturated heterocycles. The zero-order chi connectivity index (χ0) is 21.4. The first-order valence-electron chi connectivity index (χ1n) is 12.4. The summed E-state index contributed by atoms with van der Waals surface area (Å²) in [6.45, 7) is 10.0. The van der Waals surface area contributed by atoms with Crippen molar-refractivity contribution in [1.29, 1.82) is 0 Å². The van der Waals surface area contributed by atoms with E-state index in [0.29, 0.717) is 35.2 Å². The van der Waals surface area contributed by atoms with Gasteiger partial charge < -0.3 is 10.1 Å². The molecule has 168 valence electrons. The lowest BCUT2D eigenvalue weighted by Crippen LogP contribution is -2.54. The average Bonchev–Trinajstić information content (AvgIpc) is 3.07. The summed E-state index contributed by atoms with van der Waals surface area (Å²) in [6, 6.07) is 0. The smallest absolute Gasteiger partial charge is 0.243 e.